The SMILES string of the molecule is COC(OC(=O)c1cc([N+](=O)[O-])cc([N+](=O)[O-])c1)C(C)(C)O. The molecule has 0 aliphatic rings. The highest BCUT2D eigenvalue weighted by atomic mass is 16.7. The highest BCUT2D eigenvalue weighted by Gasteiger charge is 2.32. The van der Waals surface area contributed by atoms with E-state index < -0.39 is 44.6 Å². The molecule has 0 saturated carbocycles. The number of ether oxygens (including phenoxy) is 2. The largest absolute Gasteiger partial charge is 0.429 e. The van der Waals surface area contributed by atoms with Crippen LogP contribution in [0.2, 0.25) is 0 Å². The molecular formula is C12H14N2O8. The van der Waals surface area contributed by atoms with Crippen LogP contribution in [0.25, 0.3) is 0 Å². The summed E-state index contributed by atoms with van der Waals surface area (Å²) >= 11 is 0. The van der Waals surface area contributed by atoms with E-state index in [1.165, 1.54) is 21.0 Å². The van der Waals surface area contributed by atoms with Gasteiger partial charge < -0.3 is 14.6 Å². The van der Waals surface area contributed by atoms with Gasteiger partial charge in [-0.05, 0) is 13.8 Å². The molecule has 0 bridgehead atoms. The number of aliphatic hydroxyl groups is 1. The quantitative estimate of drug-likeness (QED) is 0.359. The van der Waals surface area contributed by atoms with E-state index >= 15 is 0 Å². The van der Waals surface area contributed by atoms with Crippen LogP contribution in [0.1, 0.15) is 24.2 Å². The van der Waals surface area contributed by atoms with Gasteiger partial charge >= 0.3 is 5.97 Å². The summed E-state index contributed by atoms with van der Waals surface area (Å²) in [6.07, 6.45) is -1.35. The minimum atomic E-state index is -1.53. The maximum absolute atomic E-state index is 12.0. The molecule has 0 fully saturated rings. The second kappa shape index (κ2) is 6.45. The zero-order valence-corrected chi connectivity index (χ0v) is 12.0. The number of methoxy groups -OCH3 is 1. The summed E-state index contributed by atoms with van der Waals surface area (Å²) in [5, 5.41) is 31.2. The number of nitrogens with zero attached hydrogens (tertiary/aromatic N) is 2. The fourth-order valence-corrected chi connectivity index (χ4v) is 1.57. The van der Waals surface area contributed by atoms with E-state index in [9.17, 15) is 30.1 Å². The number of benzene rings is 1. The van der Waals surface area contributed by atoms with Crippen LogP contribution in [-0.4, -0.2) is 39.9 Å². The molecule has 1 unspecified atom stereocenters. The Labute approximate surface area is 124 Å². The van der Waals surface area contributed by atoms with Crippen LogP contribution in [-0.2, 0) is 9.47 Å². The van der Waals surface area contributed by atoms with Crippen molar-refractivity contribution in [3.8, 4) is 0 Å². The van der Waals surface area contributed by atoms with Gasteiger partial charge in [0.2, 0.25) is 6.29 Å². The molecule has 0 aliphatic carbocycles. The Morgan fingerprint density at radius 1 is 1.18 bits per heavy atom. The standard InChI is InChI=1S/C12H14N2O8/c1-12(2,16)11(21-3)22-10(15)7-4-8(13(17)18)6-9(5-7)14(19)20/h4-6,11,16H,1-3H3. The van der Waals surface area contributed by atoms with Gasteiger partial charge in [0.05, 0.1) is 21.5 Å². The van der Waals surface area contributed by atoms with Crippen molar-refractivity contribution in [2.45, 2.75) is 25.7 Å². The monoisotopic (exact) mass is 314 g/mol. The number of carbonyl (C=O) groups is 1. The molecule has 0 heterocycles. The van der Waals surface area contributed by atoms with Crippen LogP contribution in [0.5, 0.6) is 0 Å². The zero-order valence-electron chi connectivity index (χ0n) is 12.0. The number of nitro benzene ring substituents is 2. The van der Waals surface area contributed by atoms with Gasteiger partial charge in [0.25, 0.3) is 11.4 Å². The molecule has 120 valence electrons. The van der Waals surface area contributed by atoms with Gasteiger partial charge in [-0.15, -0.1) is 0 Å². The summed E-state index contributed by atoms with van der Waals surface area (Å²) in [6, 6.07) is 2.40. The third-order valence-corrected chi connectivity index (χ3v) is 2.56. The van der Waals surface area contributed by atoms with E-state index in [4.69, 9.17) is 9.47 Å². The number of hydrogen-bond donors (Lipinski definition) is 1. The number of nitro groups is 2. The van der Waals surface area contributed by atoms with Crippen LogP contribution < -0.4 is 0 Å². The first-order valence-electron chi connectivity index (χ1n) is 5.96. The Morgan fingerprint density at radius 2 is 1.64 bits per heavy atom. The van der Waals surface area contributed by atoms with Gasteiger partial charge in [-0.3, -0.25) is 20.2 Å². The maximum Gasteiger partial charge on any atom is 0.341 e. The first-order chi connectivity index (χ1) is 10.1. The molecule has 1 atom stereocenters. The molecule has 1 aromatic carbocycles. The van der Waals surface area contributed by atoms with Crippen molar-refractivity contribution < 1.29 is 29.2 Å². The van der Waals surface area contributed by atoms with Crippen molar-refractivity contribution >= 4 is 17.3 Å². The topological polar surface area (TPSA) is 142 Å². The summed E-state index contributed by atoms with van der Waals surface area (Å²) in [6.45, 7) is 2.65. The molecule has 0 amide bonds. The van der Waals surface area contributed by atoms with Crippen molar-refractivity contribution in [1.29, 1.82) is 0 Å². The molecule has 10 heteroatoms. The average molecular weight is 314 g/mol. The van der Waals surface area contributed by atoms with E-state index in [1.807, 2.05) is 0 Å². The molecule has 1 N–H and O–H groups in total. The number of hydrogen-bond acceptors (Lipinski definition) is 8. The lowest BCUT2D eigenvalue weighted by molar-refractivity contribution is -0.394. The molecular weight excluding hydrogens is 300 g/mol. The second-order valence-electron chi connectivity index (χ2n) is 4.88. The Balaban J connectivity index is 3.17. The minimum Gasteiger partial charge on any atom is -0.429 e. The van der Waals surface area contributed by atoms with E-state index in [1.54, 1.807) is 0 Å². The van der Waals surface area contributed by atoms with Gasteiger partial charge in [0.1, 0.15) is 5.60 Å². The van der Waals surface area contributed by atoms with Crippen LogP contribution in [0.3, 0.4) is 0 Å². The fraction of sp³-hybridized carbons (Fsp3) is 0.417. The molecule has 0 saturated heterocycles. The van der Waals surface area contributed by atoms with Crippen LogP contribution >= 0.6 is 0 Å². The maximum atomic E-state index is 12.0. The number of non-ortho nitro benzene ring substituents is 2. The third kappa shape index (κ3) is 4.20. The molecule has 0 aliphatic heterocycles. The Kier molecular flexibility index (Phi) is 5.12. The van der Waals surface area contributed by atoms with E-state index in [-0.39, 0.29) is 0 Å². The summed E-state index contributed by atoms with van der Waals surface area (Å²) in [4.78, 5) is 31.7. The Hall–Kier alpha value is -2.59. The molecule has 0 radical (unpaired) electrons. The van der Waals surface area contributed by atoms with Gasteiger partial charge in [-0.1, -0.05) is 0 Å². The average Bonchev–Trinajstić information content (AvgIpc) is 2.42. The van der Waals surface area contributed by atoms with Gasteiger partial charge in [-0.2, -0.15) is 0 Å². The normalized spacial score (nSPS) is 12.5. The zero-order chi connectivity index (χ0) is 17.1. The molecule has 10 nitrogen and oxygen atoms in total. The number of esters is 1. The van der Waals surface area contributed by atoms with E-state index in [0.717, 1.165) is 18.2 Å². The molecule has 1 rings (SSSR count). The van der Waals surface area contributed by atoms with E-state index in [2.05, 4.69) is 0 Å². The Bertz CT molecular complexity index is 575. The lowest BCUT2D eigenvalue weighted by atomic mass is 10.1. The van der Waals surface area contributed by atoms with Crippen LogP contribution in [0, 0.1) is 20.2 Å². The van der Waals surface area contributed by atoms with Crippen LogP contribution in [0.4, 0.5) is 11.4 Å². The highest BCUT2D eigenvalue weighted by molar-refractivity contribution is 5.91. The van der Waals surface area contributed by atoms with Crippen molar-refractivity contribution in [2.24, 2.45) is 0 Å². The van der Waals surface area contributed by atoms with Gasteiger partial charge in [0, 0.05) is 19.2 Å². The van der Waals surface area contributed by atoms with Crippen molar-refractivity contribution in [2.75, 3.05) is 7.11 Å². The fourth-order valence-electron chi connectivity index (χ4n) is 1.57. The number of carbonyl (C=O) groups excluding carboxylic acids is 1. The lowest BCUT2D eigenvalue weighted by Gasteiger charge is -2.27. The molecule has 0 spiro atoms. The summed E-state index contributed by atoms with van der Waals surface area (Å²) < 4.78 is 9.66. The lowest BCUT2D eigenvalue weighted by Crippen LogP contribution is -2.41. The summed E-state index contributed by atoms with van der Waals surface area (Å²) in [7, 11) is 1.19. The van der Waals surface area contributed by atoms with E-state index in [0.29, 0.717) is 0 Å². The molecule has 0 aromatic heterocycles. The highest BCUT2D eigenvalue weighted by Crippen LogP contribution is 2.24. The number of rotatable bonds is 6. The van der Waals surface area contributed by atoms with Gasteiger partial charge in [0.15, 0.2) is 0 Å². The van der Waals surface area contributed by atoms with Crippen LogP contribution in [0.15, 0.2) is 18.2 Å². The Morgan fingerprint density at radius 3 is 1.95 bits per heavy atom. The summed E-state index contributed by atoms with van der Waals surface area (Å²) in [5.41, 5.74) is -3.18. The third-order valence-electron chi connectivity index (χ3n) is 2.56. The summed E-state index contributed by atoms with van der Waals surface area (Å²) in [5.74, 6) is -1.10. The van der Waals surface area contributed by atoms with Gasteiger partial charge in [-0.25, -0.2) is 4.79 Å². The van der Waals surface area contributed by atoms with Crippen molar-refractivity contribution in [3.05, 3.63) is 44.0 Å². The minimum absolute atomic E-state index is 0.396. The molecule has 1 aromatic rings. The second-order valence-corrected chi connectivity index (χ2v) is 4.88. The first kappa shape index (κ1) is 17.5. The first-order valence-corrected chi connectivity index (χ1v) is 5.96. The van der Waals surface area contributed by atoms with Crippen molar-refractivity contribution in [1.82, 2.24) is 0 Å². The van der Waals surface area contributed by atoms with Crippen molar-refractivity contribution in [3.63, 3.8) is 0 Å². The smallest absolute Gasteiger partial charge is 0.341 e. The predicted molar refractivity (Wildman–Crippen MR) is 72.3 cm³/mol. The molecule has 22 heavy (non-hydrogen) atoms. The predicted octanol–water partition coefficient (Wildman–Crippen LogP) is 1.40.